The number of nitrogens with one attached hydrogen (secondary N) is 1. The van der Waals surface area contributed by atoms with E-state index in [1.165, 1.54) is 12.4 Å². The summed E-state index contributed by atoms with van der Waals surface area (Å²) in [5.74, 6) is -0.0776. The van der Waals surface area contributed by atoms with Crippen LogP contribution in [0.2, 0.25) is 0 Å². The van der Waals surface area contributed by atoms with Gasteiger partial charge in [0.25, 0.3) is 0 Å². The van der Waals surface area contributed by atoms with Gasteiger partial charge in [-0.3, -0.25) is 4.68 Å². The Bertz CT molecular complexity index is 1000. The first kappa shape index (κ1) is 16.4. The molecule has 132 valence electrons. The molecule has 1 aliphatic heterocycles. The Morgan fingerprint density at radius 1 is 1.27 bits per heavy atom. The predicted molar refractivity (Wildman–Crippen MR) is 92.9 cm³/mol. The van der Waals surface area contributed by atoms with E-state index in [0.29, 0.717) is 28.2 Å². The molecule has 0 bridgehead atoms. The molecule has 0 spiro atoms. The third-order valence-corrected chi connectivity index (χ3v) is 4.50. The molecule has 0 radical (unpaired) electrons. The fraction of sp³-hybridized carbons (Fsp3) is 0.333. The highest BCUT2D eigenvalue weighted by molar-refractivity contribution is 5.92. The summed E-state index contributed by atoms with van der Waals surface area (Å²) in [6.45, 7) is 1.81. The molecule has 3 heterocycles. The number of aryl methyl sites for hydroxylation is 1. The van der Waals surface area contributed by atoms with Gasteiger partial charge in [-0.2, -0.15) is 15.3 Å². The van der Waals surface area contributed by atoms with Crippen LogP contribution in [0.15, 0.2) is 24.5 Å². The molecular formula is C18H17FN6O. The lowest BCUT2D eigenvalue weighted by molar-refractivity contribution is 0.157. The standard InChI is InChI=1S/C18H17FN6O/c1-25-17(13-3-2-11(9-20)8-14(13)19)15-16(24-25)18(23-10-22-15)26-12-4-6-21-7-5-12/h2-3,8,10,12,21H,4-7H2,1H3. The minimum Gasteiger partial charge on any atom is -0.473 e. The number of nitriles is 1. The summed E-state index contributed by atoms with van der Waals surface area (Å²) in [4.78, 5) is 8.53. The van der Waals surface area contributed by atoms with E-state index < -0.39 is 5.82 Å². The van der Waals surface area contributed by atoms with Crippen LogP contribution >= 0.6 is 0 Å². The number of hydrogen-bond acceptors (Lipinski definition) is 6. The van der Waals surface area contributed by atoms with Gasteiger partial charge < -0.3 is 10.1 Å². The lowest BCUT2D eigenvalue weighted by atomic mass is 10.1. The molecule has 1 aromatic carbocycles. The zero-order chi connectivity index (χ0) is 18.1. The van der Waals surface area contributed by atoms with E-state index in [9.17, 15) is 4.39 Å². The monoisotopic (exact) mass is 352 g/mol. The fourth-order valence-electron chi connectivity index (χ4n) is 3.22. The number of aromatic nitrogens is 4. The second-order valence-corrected chi connectivity index (χ2v) is 6.22. The maximum Gasteiger partial charge on any atom is 0.245 e. The topological polar surface area (TPSA) is 88.7 Å². The van der Waals surface area contributed by atoms with Gasteiger partial charge >= 0.3 is 0 Å². The lowest BCUT2D eigenvalue weighted by Gasteiger charge is -2.23. The number of piperidine rings is 1. The van der Waals surface area contributed by atoms with Crippen molar-refractivity contribution in [1.82, 2.24) is 25.1 Å². The zero-order valence-corrected chi connectivity index (χ0v) is 14.2. The Labute approximate surface area is 149 Å². The highest BCUT2D eigenvalue weighted by atomic mass is 19.1. The number of nitrogens with zero attached hydrogens (tertiary/aromatic N) is 5. The summed E-state index contributed by atoms with van der Waals surface area (Å²) in [7, 11) is 1.73. The molecule has 1 saturated heterocycles. The minimum atomic E-state index is -0.492. The predicted octanol–water partition coefficient (Wildman–Crippen LogP) is 2.17. The summed E-state index contributed by atoms with van der Waals surface area (Å²) < 4.78 is 22.1. The molecule has 26 heavy (non-hydrogen) atoms. The Hall–Kier alpha value is -3.05. The molecule has 1 fully saturated rings. The normalized spacial score (nSPS) is 15.1. The van der Waals surface area contributed by atoms with Crippen LogP contribution in [0.4, 0.5) is 4.39 Å². The van der Waals surface area contributed by atoms with Crippen LogP contribution in [0.1, 0.15) is 18.4 Å². The Kier molecular flexibility index (Phi) is 4.22. The van der Waals surface area contributed by atoms with Gasteiger partial charge in [0.15, 0.2) is 5.52 Å². The SMILES string of the molecule is Cn1nc2c(OC3CCNCC3)ncnc2c1-c1ccc(C#N)cc1F. The van der Waals surface area contributed by atoms with Crippen molar-refractivity contribution < 1.29 is 9.13 Å². The van der Waals surface area contributed by atoms with Crippen molar-refractivity contribution in [2.75, 3.05) is 13.1 Å². The summed E-state index contributed by atoms with van der Waals surface area (Å²) >= 11 is 0. The molecule has 8 heteroatoms. The highest BCUT2D eigenvalue weighted by Crippen LogP contribution is 2.32. The number of halogens is 1. The van der Waals surface area contributed by atoms with Crippen molar-refractivity contribution in [2.24, 2.45) is 7.05 Å². The van der Waals surface area contributed by atoms with Gasteiger partial charge in [-0.25, -0.2) is 9.37 Å². The van der Waals surface area contributed by atoms with E-state index in [-0.39, 0.29) is 11.7 Å². The van der Waals surface area contributed by atoms with Crippen molar-refractivity contribution in [2.45, 2.75) is 18.9 Å². The van der Waals surface area contributed by atoms with Gasteiger partial charge in [-0.15, -0.1) is 0 Å². The second kappa shape index (κ2) is 6.69. The summed E-state index contributed by atoms with van der Waals surface area (Å²) in [6, 6.07) is 6.29. The van der Waals surface area contributed by atoms with Crippen molar-refractivity contribution in [3.8, 4) is 23.2 Å². The van der Waals surface area contributed by atoms with Crippen molar-refractivity contribution in [3.63, 3.8) is 0 Å². The molecule has 3 aromatic rings. The van der Waals surface area contributed by atoms with Crippen LogP contribution in [-0.4, -0.2) is 38.9 Å². The molecule has 0 atom stereocenters. The van der Waals surface area contributed by atoms with E-state index >= 15 is 0 Å². The van der Waals surface area contributed by atoms with Crippen LogP contribution in [0.5, 0.6) is 5.88 Å². The van der Waals surface area contributed by atoms with E-state index in [2.05, 4.69) is 20.4 Å². The maximum atomic E-state index is 14.5. The summed E-state index contributed by atoms with van der Waals surface area (Å²) in [5, 5.41) is 16.7. The number of rotatable bonds is 3. The molecule has 1 N–H and O–H groups in total. The van der Waals surface area contributed by atoms with Gasteiger partial charge in [0, 0.05) is 12.6 Å². The molecular weight excluding hydrogens is 335 g/mol. The minimum absolute atomic E-state index is 0.0754. The highest BCUT2D eigenvalue weighted by Gasteiger charge is 2.22. The van der Waals surface area contributed by atoms with Gasteiger partial charge in [-0.1, -0.05) is 0 Å². The maximum absolute atomic E-state index is 14.5. The van der Waals surface area contributed by atoms with Crippen LogP contribution in [-0.2, 0) is 7.05 Å². The first-order valence-corrected chi connectivity index (χ1v) is 8.42. The number of ether oxygens (including phenoxy) is 1. The lowest BCUT2D eigenvalue weighted by Crippen LogP contribution is -2.34. The number of hydrogen-bond donors (Lipinski definition) is 1. The molecule has 0 unspecified atom stereocenters. The first-order valence-electron chi connectivity index (χ1n) is 8.42. The van der Waals surface area contributed by atoms with E-state index in [0.717, 1.165) is 25.9 Å². The molecule has 1 aliphatic rings. The van der Waals surface area contributed by atoms with Crippen LogP contribution in [0.3, 0.4) is 0 Å². The largest absolute Gasteiger partial charge is 0.473 e. The smallest absolute Gasteiger partial charge is 0.245 e. The van der Waals surface area contributed by atoms with Crippen molar-refractivity contribution in [3.05, 3.63) is 35.9 Å². The average Bonchev–Trinajstić information content (AvgIpc) is 2.99. The summed E-state index contributed by atoms with van der Waals surface area (Å²) in [5.41, 5.74) is 2.16. The van der Waals surface area contributed by atoms with Crippen molar-refractivity contribution >= 4 is 11.0 Å². The van der Waals surface area contributed by atoms with Gasteiger partial charge in [-0.05, 0) is 44.1 Å². The molecule has 7 nitrogen and oxygen atoms in total. The third kappa shape index (κ3) is 2.86. The molecule has 4 rings (SSSR count). The molecule has 0 saturated carbocycles. The zero-order valence-electron chi connectivity index (χ0n) is 14.2. The Balaban J connectivity index is 1.78. The first-order chi connectivity index (χ1) is 12.7. The molecule has 0 aliphatic carbocycles. The number of fused-ring (bicyclic) bond motifs is 1. The van der Waals surface area contributed by atoms with Gasteiger partial charge in [0.05, 0.1) is 17.3 Å². The Morgan fingerprint density at radius 3 is 2.81 bits per heavy atom. The van der Waals surface area contributed by atoms with Crippen LogP contribution in [0, 0.1) is 17.1 Å². The van der Waals surface area contributed by atoms with E-state index in [4.69, 9.17) is 10.00 Å². The third-order valence-electron chi connectivity index (χ3n) is 4.50. The van der Waals surface area contributed by atoms with E-state index in [1.807, 2.05) is 6.07 Å². The fourth-order valence-corrected chi connectivity index (χ4v) is 3.22. The van der Waals surface area contributed by atoms with Crippen LogP contribution in [0.25, 0.3) is 22.3 Å². The van der Waals surface area contributed by atoms with Gasteiger partial charge in [0.1, 0.15) is 23.8 Å². The summed E-state index contributed by atoms with van der Waals surface area (Å²) in [6.07, 6.45) is 3.28. The van der Waals surface area contributed by atoms with Crippen LogP contribution < -0.4 is 10.1 Å². The van der Waals surface area contributed by atoms with E-state index in [1.54, 1.807) is 23.9 Å². The molecule has 2 aromatic heterocycles. The number of benzene rings is 1. The Morgan fingerprint density at radius 2 is 2.08 bits per heavy atom. The second-order valence-electron chi connectivity index (χ2n) is 6.22. The van der Waals surface area contributed by atoms with Gasteiger partial charge in [0.2, 0.25) is 5.88 Å². The quantitative estimate of drug-likeness (QED) is 0.777. The molecule has 0 amide bonds. The average molecular weight is 352 g/mol. The van der Waals surface area contributed by atoms with Crippen molar-refractivity contribution in [1.29, 1.82) is 5.26 Å².